The van der Waals surface area contributed by atoms with Crippen LogP contribution in [-0.4, -0.2) is 37.3 Å². The molecule has 6 nitrogen and oxygen atoms in total. The van der Waals surface area contributed by atoms with Gasteiger partial charge in [0.2, 0.25) is 0 Å². The average molecular weight is 306 g/mol. The van der Waals surface area contributed by atoms with Gasteiger partial charge in [0.25, 0.3) is 0 Å². The molecule has 1 rings (SSSR count). The predicted octanol–water partition coefficient (Wildman–Crippen LogP) is 0.692. The second-order valence-electron chi connectivity index (χ2n) is 4.00. The number of carbonyl (C=O) groups excluding carboxylic acids is 1. The van der Waals surface area contributed by atoms with Crippen LogP contribution in [0.25, 0.3) is 0 Å². The first-order valence-electron chi connectivity index (χ1n) is 5.82. The molecule has 0 radical (unpaired) electrons. The fraction of sp³-hybridized carbons (Fsp3) is 0.417. The second-order valence-corrected chi connectivity index (χ2v) is 5.31. The summed E-state index contributed by atoms with van der Waals surface area (Å²) >= 11 is 0. The summed E-state index contributed by atoms with van der Waals surface area (Å²) in [5.41, 5.74) is -0.313. The maximum atomic E-state index is 13.1. The third-order valence-corrected chi connectivity index (χ3v) is 3.44. The minimum atomic E-state index is -5.04. The standard InChI is InChI=1S/C12H15FO6S/c1-2-19-11(15)7-9(14)12(16)8-5-3-4-6-10(8)20(13,17)18/h3-6,9,12,14,16H,2,7H2,1H3. The van der Waals surface area contributed by atoms with Crippen LogP contribution in [0.2, 0.25) is 0 Å². The lowest BCUT2D eigenvalue weighted by molar-refractivity contribution is -0.147. The fourth-order valence-corrected chi connectivity index (χ4v) is 2.37. The van der Waals surface area contributed by atoms with Crippen molar-refractivity contribution in [2.75, 3.05) is 6.61 Å². The van der Waals surface area contributed by atoms with Crippen molar-refractivity contribution < 1.29 is 32.0 Å². The van der Waals surface area contributed by atoms with E-state index in [-0.39, 0.29) is 12.2 Å². The van der Waals surface area contributed by atoms with E-state index in [0.29, 0.717) is 0 Å². The first-order valence-corrected chi connectivity index (χ1v) is 7.21. The maximum Gasteiger partial charge on any atom is 0.332 e. The predicted molar refractivity (Wildman–Crippen MR) is 67.0 cm³/mol. The highest BCUT2D eigenvalue weighted by Crippen LogP contribution is 2.27. The highest BCUT2D eigenvalue weighted by atomic mass is 32.3. The normalized spacial score (nSPS) is 14.6. The zero-order chi connectivity index (χ0) is 15.3. The number of ether oxygens (including phenoxy) is 1. The molecule has 0 amide bonds. The van der Waals surface area contributed by atoms with E-state index in [2.05, 4.69) is 4.74 Å². The molecule has 1 aromatic rings. The van der Waals surface area contributed by atoms with Crippen LogP contribution >= 0.6 is 0 Å². The fourth-order valence-electron chi connectivity index (χ4n) is 1.66. The van der Waals surface area contributed by atoms with E-state index in [1.165, 1.54) is 12.1 Å². The Bertz CT molecular complexity index is 571. The zero-order valence-corrected chi connectivity index (χ0v) is 11.5. The summed E-state index contributed by atoms with van der Waals surface area (Å²) in [7, 11) is -5.04. The Kier molecular flexibility index (Phi) is 5.61. The van der Waals surface area contributed by atoms with Gasteiger partial charge in [0, 0.05) is 5.56 Å². The minimum Gasteiger partial charge on any atom is -0.466 e. The lowest BCUT2D eigenvalue weighted by Crippen LogP contribution is -2.24. The summed E-state index contributed by atoms with van der Waals surface area (Å²) in [6.45, 7) is 1.68. The Hall–Kier alpha value is -1.51. The van der Waals surface area contributed by atoms with Crippen molar-refractivity contribution in [1.29, 1.82) is 0 Å². The molecule has 2 unspecified atom stereocenters. The third-order valence-electron chi connectivity index (χ3n) is 2.55. The number of aliphatic hydroxyl groups is 2. The molecule has 0 aliphatic heterocycles. The first-order chi connectivity index (χ1) is 9.27. The van der Waals surface area contributed by atoms with Crippen LogP contribution in [-0.2, 0) is 19.8 Å². The number of esters is 1. The van der Waals surface area contributed by atoms with Crippen molar-refractivity contribution in [3.8, 4) is 0 Å². The van der Waals surface area contributed by atoms with E-state index < -0.39 is 39.7 Å². The molecule has 0 aromatic heterocycles. The molecule has 20 heavy (non-hydrogen) atoms. The Labute approximate surface area is 116 Å². The van der Waals surface area contributed by atoms with Crippen molar-refractivity contribution >= 4 is 16.2 Å². The van der Waals surface area contributed by atoms with Crippen LogP contribution < -0.4 is 0 Å². The number of halogens is 1. The average Bonchev–Trinajstić information content (AvgIpc) is 2.37. The van der Waals surface area contributed by atoms with Gasteiger partial charge >= 0.3 is 16.2 Å². The number of hydrogen-bond acceptors (Lipinski definition) is 6. The number of benzene rings is 1. The Morgan fingerprint density at radius 3 is 2.50 bits per heavy atom. The molecule has 0 saturated heterocycles. The van der Waals surface area contributed by atoms with E-state index in [1.54, 1.807) is 6.92 Å². The van der Waals surface area contributed by atoms with Crippen LogP contribution in [0, 0.1) is 0 Å². The van der Waals surface area contributed by atoms with Crippen molar-refractivity contribution in [2.45, 2.75) is 30.4 Å². The first kappa shape index (κ1) is 16.5. The van der Waals surface area contributed by atoms with E-state index in [1.807, 2.05) is 0 Å². The molecule has 8 heteroatoms. The molecule has 1 aromatic carbocycles. The summed E-state index contributed by atoms with van der Waals surface area (Å²) in [6, 6.07) is 4.78. The topological polar surface area (TPSA) is 101 Å². The van der Waals surface area contributed by atoms with E-state index in [0.717, 1.165) is 12.1 Å². The third kappa shape index (κ3) is 4.26. The molecule has 0 aliphatic carbocycles. The van der Waals surface area contributed by atoms with Crippen molar-refractivity contribution in [3.63, 3.8) is 0 Å². The Balaban J connectivity index is 2.98. The number of hydrogen-bond donors (Lipinski definition) is 2. The van der Waals surface area contributed by atoms with Crippen LogP contribution in [0.5, 0.6) is 0 Å². The molecule has 0 spiro atoms. The molecular weight excluding hydrogens is 291 g/mol. The van der Waals surface area contributed by atoms with Gasteiger partial charge in [-0.1, -0.05) is 18.2 Å². The smallest absolute Gasteiger partial charge is 0.332 e. The van der Waals surface area contributed by atoms with Gasteiger partial charge in [-0.25, -0.2) is 0 Å². The molecule has 2 N–H and O–H groups in total. The second kappa shape index (κ2) is 6.78. The van der Waals surface area contributed by atoms with Gasteiger partial charge in [-0.15, -0.1) is 3.89 Å². The molecule has 0 heterocycles. The molecule has 0 bridgehead atoms. The Morgan fingerprint density at radius 1 is 1.35 bits per heavy atom. The van der Waals surface area contributed by atoms with Crippen LogP contribution in [0.1, 0.15) is 25.0 Å². The lowest BCUT2D eigenvalue weighted by atomic mass is 10.0. The number of rotatable bonds is 6. The molecule has 112 valence electrons. The Morgan fingerprint density at radius 2 is 1.95 bits per heavy atom. The minimum absolute atomic E-state index is 0.108. The zero-order valence-electron chi connectivity index (χ0n) is 10.7. The van der Waals surface area contributed by atoms with Crippen molar-refractivity contribution in [2.24, 2.45) is 0 Å². The number of carbonyl (C=O) groups is 1. The van der Waals surface area contributed by atoms with Crippen LogP contribution in [0.15, 0.2) is 29.2 Å². The summed E-state index contributed by atoms with van der Waals surface area (Å²) < 4.78 is 39.6. The van der Waals surface area contributed by atoms with Crippen molar-refractivity contribution in [1.82, 2.24) is 0 Å². The van der Waals surface area contributed by atoms with Crippen LogP contribution in [0.4, 0.5) is 3.89 Å². The highest BCUT2D eigenvalue weighted by Gasteiger charge is 2.28. The van der Waals surface area contributed by atoms with Gasteiger partial charge < -0.3 is 14.9 Å². The van der Waals surface area contributed by atoms with Gasteiger partial charge in [-0.05, 0) is 13.0 Å². The molecule has 0 fully saturated rings. The summed E-state index contributed by atoms with van der Waals surface area (Å²) in [6.07, 6.45) is -3.85. The summed E-state index contributed by atoms with van der Waals surface area (Å²) in [4.78, 5) is 10.4. The number of aliphatic hydroxyl groups excluding tert-OH is 2. The van der Waals surface area contributed by atoms with Crippen molar-refractivity contribution in [3.05, 3.63) is 29.8 Å². The van der Waals surface area contributed by atoms with E-state index >= 15 is 0 Å². The maximum absolute atomic E-state index is 13.1. The monoisotopic (exact) mass is 306 g/mol. The SMILES string of the molecule is CCOC(=O)CC(O)C(O)c1ccccc1S(=O)(=O)F. The van der Waals surface area contributed by atoms with Gasteiger partial charge in [0.1, 0.15) is 11.0 Å². The highest BCUT2D eigenvalue weighted by molar-refractivity contribution is 7.86. The molecule has 2 atom stereocenters. The molecule has 0 saturated carbocycles. The van der Waals surface area contributed by atoms with Crippen LogP contribution in [0.3, 0.4) is 0 Å². The largest absolute Gasteiger partial charge is 0.466 e. The quantitative estimate of drug-likeness (QED) is 0.592. The van der Waals surface area contributed by atoms with E-state index in [4.69, 9.17) is 0 Å². The van der Waals surface area contributed by atoms with E-state index in [9.17, 15) is 27.3 Å². The molecular formula is C12H15FO6S. The van der Waals surface area contributed by atoms with Gasteiger partial charge in [-0.2, -0.15) is 8.42 Å². The lowest BCUT2D eigenvalue weighted by Gasteiger charge is -2.18. The van der Waals surface area contributed by atoms with Gasteiger partial charge in [-0.3, -0.25) is 4.79 Å². The summed E-state index contributed by atoms with van der Waals surface area (Å²) in [5.74, 6) is -0.750. The van der Waals surface area contributed by atoms with Gasteiger partial charge in [0.15, 0.2) is 0 Å². The van der Waals surface area contributed by atoms with Gasteiger partial charge in [0.05, 0.1) is 19.1 Å². The summed E-state index contributed by atoms with van der Waals surface area (Å²) in [5, 5.41) is 19.6. The molecule has 0 aliphatic rings.